The number of hydrogen-bond donors (Lipinski definition) is 2. The van der Waals surface area contributed by atoms with Gasteiger partial charge in [0.1, 0.15) is 0 Å². The van der Waals surface area contributed by atoms with Crippen molar-refractivity contribution in [3.8, 4) is 0 Å². The highest BCUT2D eigenvalue weighted by Crippen LogP contribution is 2.14. The van der Waals surface area contributed by atoms with Gasteiger partial charge in [-0.05, 0) is 12.8 Å². The molecule has 6 heteroatoms. The normalized spacial score (nSPS) is 11.3. The second-order valence-electron chi connectivity index (χ2n) is 11.5. The molecule has 0 aliphatic rings. The predicted octanol–water partition coefficient (Wildman–Crippen LogP) is -0.237. The average molecular weight is 541 g/mol. The topological polar surface area (TPSA) is 33.5 Å². The van der Waals surface area contributed by atoms with Gasteiger partial charge in [-0.3, -0.25) is 4.79 Å². The standard InChI is InChI=1S/C29H61N3O.2ClH/c1-6-7-8-9-10-11-12-13-14-15-16-17-18-19-20-21-27-32(4,5)28-22-24-29(33)30-25-23-26-31(2)3;;/h6-28H2,1-5H3;2*1H. The Bertz CT molecular complexity index is 434. The maximum absolute atomic E-state index is 12.0. The molecule has 0 aromatic carbocycles. The lowest BCUT2D eigenvalue weighted by molar-refractivity contribution is -0.890. The first-order valence-corrected chi connectivity index (χ1v) is 14.7. The molecule has 0 saturated heterocycles. The van der Waals surface area contributed by atoms with Crippen LogP contribution in [0, 0.1) is 0 Å². The smallest absolute Gasteiger partial charge is 0.220 e. The molecule has 0 saturated carbocycles. The number of quaternary nitrogens is 2. The molecule has 0 aliphatic carbocycles. The van der Waals surface area contributed by atoms with Gasteiger partial charge in [-0.2, -0.15) is 0 Å². The lowest BCUT2D eigenvalue weighted by Crippen LogP contribution is -3.05. The van der Waals surface area contributed by atoms with Gasteiger partial charge < -0.3 is 39.5 Å². The number of amides is 1. The van der Waals surface area contributed by atoms with E-state index in [1.165, 1.54) is 114 Å². The molecule has 0 unspecified atom stereocenters. The number of carbonyl (C=O) groups excluding carboxylic acids is 1. The van der Waals surface area contributed by atoms with Crippen molar-refractivity contribution in [1.82, 2.24) is 5.32 Å². The fourth-order valence-corrected chi connectivity index (χ4v) is 4.63. The van der Waals surface area contributed by atoms with Crippen LogP contribution in [-0.4, -0.2) is 64.8 Å². The van der Waals surface area contributed by atoms with Crippen LogP contribution in [0.5, 0.6) is 0 Å². The van der Waals surface area contributed by atoms with Gasteiger partial charge in [0.15, 0.2) is 0 Å². The monoisotopic (exact) mass is 539 g/mol. The highest BCUT2D eigenvalue weighted by atomic mass is 35.5. The van der Waals surface area contributed by atoms with Gasteiger partial charge >= 0.3 is 0 Å². The minimum absolute atomic E-state index is 0. The molecule has 0 radical (unpaired) electrons. The Balaban J connectivity index is -0.00000512. The molecule has 4 nitrogen and oxygen atoms in total. The fourth-order valence-electron chi connectivity index (χ4n) is 4.63. The molecule has 0 spiro atoms. The third kappa shape index (κ3) is 31.9. The summed E-state index contributed by atoms with van der Waals surface area (Å²) >= 11 is 0. The lowest BCUT2D eigenvalue weighted by atomic mass is 10.0. The molecule has 0 aromatic heterocycles. The molecular weight excluding hydrogens is 477 g/mol. The van der Waals surface area contributed by atoms with Gasteiger partial charge in [0.05, 0.1) is 47.8 Å². The number of carbonyl (C=O) groups is 1. The van der Waals surface area contributed by atoms with E-state index in [0.717, 1.165) is 37.0 Å². The Kier molecular flexibility index (Phi) is 32.2. The molecule has 0 atom stereocenters. The zero-order chi connectivity index (χ0) is 24.6. The molecule has 2 N–H and O–H groups in total. The number of halogens is 2. The summed E-state index contributed by atoms with van der Waals surface area (Å²) in [6.45, 7) is 6.58. The Morgan fingerprint density at radius 1 is 0.629 bits per heavy atom. The first-order chi connectivity index (χ1) is 15.9. The van der Waals surface area contributed by atoms with Gasteiger partial charge in [0, 0.05) is 25.8 Å². The van der Waals surface area contributed by atoms with Crippen molar-refractivity contribution in [2.75, 3.05) is 54.4 Å². The molecule has 0 rings (SSSR count). The Labute approximate surface area is 233 Å². The van der Waals surface area contributed by atoms with E-state index in [2.05, 4.69) is 40.4 Å². The number of hydrogen-bond acceptors (Lipinski definition) is 1. The molecule has 0 bridgehead atoms. The van der Waals surface area contributed by atoms with Gasteiger partial charge in [-0.15, -0.1) is 0 Å². The second-order valence-corrected chi connectivity index (χ2v) is 11.5. The Morgan fingerprint density at radius 3 is 1.46 bits per heavy atom. The SMILES string of the molecule is CCCCCCCCCCCCCCCCCC[N+](C)(C)CCCC(=O)NCCC[NH+](C)C.[Cl-].[Cl-]. The molecule has 35 heavy (non-hydrogen) atoms. The van der Waals surface area contributed by atoms with E-state index >= 15 is 0 Å². The second kappa shape index (κ2) is 28.5. The maximum atomic E-state index is 12.0. The fraction of sp³-hybridized carbons (Fsp3) is 0.966. The third-order valence-corrected chi connectivity index (χ3v) is 6.96. The molecular formula is C29H63Cl2N3O. The lowest BCUT2D eigenvalue weighted by Gasteiger charge is -2.29. The van der Waals surface area contributed by atoms with Crippen LogP contribution in [-0.2, 0) is 4.79 Å². The summed E-state index contributed by atoms with van der Waals surface area (Å²) < 4.78 is 1.05. The van der Waals surface area contributed by atoms with E-state index < -0.39 is 0 Å². The van der Waals surface area contributed by atoms with Gasteiger partial charge in [0.25, 0.3) is 0 Å². The molecule has 1 amide bonds. The Morgan fingerprint density at radius 2 is 1.03 bits per heavy atom. The summed E-state index contributed by atoms with van der Waals surface area (Å²) in [5.41, 5.74) is 0. The molecule has 0 aromatic rings. The van der Waals surface area contributed by atoms with Crippen LogP contribution in [0.25, 0.3) is 0 Å². The van der Waals surface area contributed by atoms with E-state index in [1.54, 1.807) is 0 Å². The van der Waals surface area contributed by atoms with Crippen molar-refractivity contribution in [3.05, 3.63) is 0 Å². The summed E-state index contributed by atoms with van der Waals surface area (Å²) in [7, 11) is 8.95. The number of unbranched alkanes of at least 4 members (excludes halogenated alkanes) is 15. The van der Waals surface area contributed by atoms with Crippen LogP contribution < -0.4 is 35.0 Å². The quantitative estimate of drug-likeness (QED) is 0.122. The summed E-state index contributed by atoms with van der Waals surface area (Å²) in [5, 5.41) is 3.07. The van der Waals surface area contributed by atoms with Crippen LogP contribution in [0.15, 0.2) is 0 Å². The van der Waals surface area contributed by atoms with E-state index in [0.29, 0.717) is 6.42 Å². The van der Waals surface area contributed by atoms with Crippen LogP contribution in [0.3, 0.4) is 0 Å². The summed E-state index contributed by atoms with van der Waals surface area (Å²) in [6, 6.07) is 0. The third-order valence-electron chi connectivity index (χ3n) is 6.96. The zero-order valence-corrected chi connectivity index (χ0v) is 25.9. The largest absolute Gasteiger partial charge is 1.00 e. The van der Waals surface area contributed by atoms with Crippen molar-refractivity contribution in [3.63, 3.8) is 0 Å². The van der Waals surface area contributed by atoms with E-state index in [1.807, 2.05) is 0 Å². The van der Waals surface area contributed by atoms with Crippen LogP contribution >= 0.6 is 0 Å². The molecule has 0 heterocycles. The minimum atomic E-state index is 0. The number of nitrogens with one attached hydrogen (secondary N) is 2. The maximum Gasteiger partial charge on any atom is 0.220 e. The highest BCUT2D eigenvalue weighted by Gasteiger charge is 2.15. The Hall–Kier alpha value is -0.0300. The highest BCUT2D eigenvalue weighted by molar-refractivity contribution is 5.75. The van der Waals surface area contributed by atoms with Crippen LogP contribution in [0.1, 0.15) is 129 Å². The van der Waals surface area contributed by atoms with Crippen molar-refractivity contribution in [1.29, 1.82) is 0 Å². The predicted molar refractivity (Wildman–Crippen MR) is 146 cm³/mol. The van der Waals surface area contributed by atoms with Crippen LogP contribution in [0.2, 0.25) is 0 Å². The van der Waals surface area contributed by atoms with E-state index in [9.17, 15) is 4.79 Å². The van der Waals surface area contributed by atoms with Crippen molar-refractivity contribution in [2.24, 2.45) is 0 Å². The number of rotatable bonds is 25. The molecule has 0 aliphatic heterocycles. The van der Waals surface area contributed by atoms with Crippen molar-refractivity contribution < 1.29 is 39.0 Å². The first kappa shape index (κ1) is 39.5. The zero-order valence-electron chi connectivity index (χ0n) is 24.4. The summed E-state index contributed by atoms with van der Waals surface area (Å²) in [4.78, 5) is 13.4. The van der Waals surface area contributed by atoms with Crippen molar-refractivity contribution >= 4 is 5.91 Å². The first-order valence-electron chi connectivity index (χ1n) is 14.7. The van der Waals surface area contributed by atoms with Gasteiger partial charge in [0.2, 0.25) is 5.91 Å². The van der Waals surface area contributed by atoms with Crippen molar-refractivity contribution in [2.45, 2.75) is 129 Å². The average Bonchev–Trinajstić information content (AvgIpc) is 2.76. The van der Waals surface area contributed by atoms with Crippen LogP contribution in [0.4, 0.5) is 0 Å². The van der Waals surface area contributed by atoms with Gasteiger partial charge in [-0.1, -0.05) is 96.8 Å². The van der Waals surface area contributed by atoms with E-state index in [-0.39, 0.29) is 30.7 Å². The molecule has 214 valence electrons. The number of nitrogens with zero attached hydrogens (tertiary/aromatic N) is 1. The van der Waals surface area contributed by atoms with E-state index in [4.69, 9.17) is 0 Å². The summed E-state index contributed by atoms with van der Waals surface area (Å²) in [6.07, 6.45) is 25.6. The minimum Gasteiger partial charge on any atom is -1.00 e. The van der Waals surface area contributed by atoms with Gasteiger partial charge in [-0.25, -0.2) is 0 Å². The molecule has 0 fully saturated rings. The summed E-state index contributed by atoms with van der Waals surface area (Å²) in [5.74, 6) is 0.228.